The molecule has 0 aliphatic carbocycles. The SMILES string of the molecule is COC(=O)c1nc(C)sc1/N=N/c1c(C)nn(-c2cc(-n3nc(C)c(/N=N/c4sc(C)nc4C(=O)CO)c3N)ncn2)c1N. The predicted molar refractivity (Wildman–Crippen MR) is 159 cm³/mol. The maximum absolute atomic E-state index is 12.0. The van der Waals surface area contributed by atoms with Gasteiger partial charge in [-0.3, -0.25) is 4.79 Å². The number of aryl methyl sites for hydroxylation is 4. The number of methoxy groups -OCH3 is 1. The van der Waals surface area contributed by atoms with E-state index in [-0.39, 0.29) is 56.0 Å². The van der Waals surface area contributed by atoms with Gasteiger partial charge in [0.05, 0.1) is 28.5 Å². The van der Waals surface area contributed by atoms with Crippen molar-refractivity contribution in [3.63, 3.8) is 0 Å². The molecule has 0 aromatic carbocycles. The summed E-state index contributed by atoms with van der Waals surface area (Å²) < 4.78 is 7.47. The Morgan fingerprint density at radius 3 is 1.80 bits per heavy atom. The Morgan fingerprint density at radius 1 is 0.841 bits per heavy atom. The first-order chi connectivity index (χ1) is 21.0. The van der Waals surface area contributed by atoms with Gasteiger partial charge in [-0.05, 0) is 27.7 Å². The van der Waals surface area contributed by atoms with Crippen molar-refractivity contribution in [1.29, 1.82) is 0 Å². The van der Waals surface area contributed by atoms with E-state index in [0.29, 0.717) is 21.4 Å². The number of carbonyl (C=O) groups excluding carboxylic acids is 2. The number of aliphatic hydroxyl groups is 1. The summed E-state index contributed by atoms with van der Waals surface area (Å²) in [4.78, 5) is 40.9. The molecule has 5 aromatic heterocycles. The third-order valence-corrected chi connectivity index (χ3v) is 7.61. The zero-order valence-electron chi connectivity index (χ0n) is 23.9. The number of azo groups is 2. The number of hydrogen-bond acceptors (Lipinski definition) is 18. The largest absolute Gasteiger partial charge is 0.464 e. The average molecular weight is 637 g/mol. The van der Waals surface area contributed by atoms with Gasteiger partial charge in [-0.1, -0.05) is 22.7 Å². The maximum atomic E-state index is 12.0. The molecule has 0 amide bonds. The molecular weight excluding hydrogens is 612 g/mol. The molecule has 5 aromatic rings. The Bertz CT molecular complexity index is 1830. The minimum absolute atomic E-state index is 0.0277. The molecule has 0 unspecified atom stereocenters. The number of carbonyl (C=O) groups is 2. The smallest absolute Gasteiger partial charge is 0.359 e. The van der Waals surface area contributed by atoms with Crippen molar-refractivity contribution in [3.8, 4) is 11.6 Å². The fourth-order valence-electron chi connectivity index (χ4n) is 3.88. The fourth-order valence-corrected chi connectivity index (χ4v) is 5.36. The Kier molecular flexibility index (Phi) is 8.29. The highest BCUT2D eigenvalue weighted by Gasteiger charge is 2.21. The van der Waals surface area contributed by atoms with Crippen molar-refractivity contribution in [2.24, 2.45) is 20.5 Å². The number of nitrogens with zero attached hydrogens (tertiary/aromatic N) is 12. The van der Waals surface area contributed by atoms with Crippen molar-refractivity contribution >= 4 is 67.4 Å². The summed E-state index contributed by atoms with van der Waals surface area (Å²) in [5.74, 6) is -0.393. The van der Waals surface area contributed by atoms with E-state index in [1.54, 1.807) is 33.8 Å². The number of esters is 1. The molecular formula is C24H24N14O4S2. The number of ketones is 1. The molecule has 44 heavy (non-hydrogen) atoms. The summed E-state index contributed by atoms with van der Waals surface area (Å²) in [5, 5.41) is 36.6. The van der Waals surface area contributed by atoms with Crippen LogP contribution in [0.25, 0.3) is 11.6 Å². The van der Waals surface area contributed by atoms with Crippen LogP contribution in [0, 0.1) is 27.7 Å². The van der Waals surface area contributed by atoms with E-state index >= 15 is 0 Å². The second-order valence-corrected chi connectivity index (χ2v) is 11.3. The molecule has 18 nitrogen and oxygen atoms in total. The van der Waals surface area contributed by atoms with Crippen molar-refractivity contribution < 1.29 is 19.4 Å². The fraction of sp³-hybridized carbons (Fsp3) is 0.250. The molecule has 5 N–H and O–H groups in total. The number of Topliss-reactive ketones (excluding diaryl/α,β-unsaturated/α-hetero) is 1. The van der Waals surface area contributed by atoms with Crippen molar-refractivity contribution in [1.82, 2.24) is 39.5 Å². The Balaban J connectivity index is 1.46. The van der Waals surface area contributed by atoms with Crippen LogP contribution >= 0.6 is 22.7 Å². The molecule has 0 aliphatic rings. The number of thiazole rings is 2. The monoisotopic (exact) mass is 636 g/mol. The molecule has 0 fully saturated rings. The summed E-state index contributed by atoms with van der Waals surface area (Å²) in [7, 11) is 1.26. The van der Waals surface area contributed by atoms with Crippen LogP contribution in [0.2, 0.25) is 0 Å². The molecule has 5 rings (SSSR count). The normalized spacial score (nSPS) is 11.7. The van der Waals surface area contributed by atoms with Gasteiger partial charge in [0, 0.05) is 6.07 Å². The number of nitrogen functional groups attached to an aromatic ring is 2. The first-order valence-corrected chi connectivity index (χ1v) is 14.2. The molecule has 0 spiro atoms. The maximum Gasteiger partial charge on any atom is 0.359 e. The minimum Gasteiger partial charge on any atom is -0.464 e. The molecule has 0 saturated heterocycles. The molecule has 20 heteroatoms. The number of hydrogen-bond donors (Lipinski definition) is 3. The van der Waals surface area contributed by atoms with Crippen LogP contribution in [0.1, 0.15) is 42.4 Å². The quantitative estimate of drug-likeness (QED) is 0.118. The zero-order valence-corrected chi connectivity index (χ0v) is 25.5. The number of nitrogens with two attached hydrogens (primary N) is 2. The van der Waals surface area contributed by atoms with Gasteiger partial charge in [0.1, 0.15) is 18.6 Å². The highest BCUT2D eigenvalue weighted by molar-refractivity contribution is 7.16. The lowest BCUT2D eigenvalue weighted by Crippen LogP contribution is -2.09. The van der Waals surface area contributed by atoms with Crippen LogP contribution < -0.4 is 11.5 Å². The summed E-state index contributed by atoms with van der Waals surface area (Å²) >= 11 is 2.33. The molecule has 226 valence electrons. The van der Waals surface area contributed by atoms with Gasteiger partial charge >= 0.3 is 5.97 Å². The third-order valence-electron chi connectivity index (χ3n) is 5.90. The lowest BCUT2D eigenvalue weighted by molar-refractivity contribution is 0.0595. The number of ether oxygens (including phenoxy) is 1. The molecule has 5 heterocycles. The van der Waals surface area contributed by atoms with Crippen LogP contribution in [0.15, 0.2) is 32.9 Å². The van der Waals surface area contributed by atoms with E-state index in [2.05, 4.69) is 50.6 Å². The Morgan fingerprint density at radius 2 is 1.32 bits per heavy atom. The molecule has 0 atom stereocenters. The van der Waals surface area contributed by atoms with Gasteiger partial charge in [0.15, 0.2) is 50.3 Å². The highest BCUT2D eigenvalue weighted by Crippen LogP contribution is 2.35. The second-order valence-electron chi connectivity index (χ2n) is 8.94. The standard InChI is InChI=1S/C24H24N14O4S2/c1-9-16(31-33-22-18(13(40)7-39)29-11(3)43-22)20(25)37(35-9)14-6-15(28-8-27-14)38-21(26)17(10(2)36-38)32-34-23-19(24(41)42-5)30-12(4)44-23/h6,8,39H,7,25-26H2,1-5H3/b33-31+,34-32+. The highest BCUT2D eigenvalue weighted by atomic mass is 32.1. The number of rotatable bonds is 9. The average Bonchev–Trinajstić information content (AvgIpc) is 3.73. The Labute approximate surface area is 256 Å². The molecule has 0 radical (unpaired) electrons. The lowest BCUT2D eigenvalue weighted by atomic mass is 10.3. The van der Waals surface area contributed by atoms with E-state index in [0.717, 1.165) is 11.3 Å². The van der Waals surface area contributed by atoms with Crippen molar-refractivity contribution in [3.05, 3.63) is 45.2 Å². The molecule has 0 bridgehead atoms. The van der Waals surface area contributed by atoms with E-state index in [4.69, 9.17) is 16.2 Å². The lowest BCUT2D eigenvalue weighted by Gasteiger charge is -2.06. The summed E-state index contributed by atoms with van der Waals surface area (Å²) in [5.41, 5.74) is 14.2. The number of anilines is 2. The summed E-state index contributed by atoms with van der Waals surface area (Å²) in [6.07, 6.45) is 1.29. The van der Waals surface area contributed by atoms with Crippen LogP contribution in [0.3, 0.4) is 0 Å². The van der Waals surface area contributed by atoms with Crippen LogP contribution in [0.5, 0.6) is 0 Å². The first-order valence-electron chi connectivity index (χ1n) is 12.6. The molecule has 0 aliphatic heterocycles. The zero-order chi connectivity index (χ0) is 31.7. The summed E-state index contributed by atoms with van der Waals surface area (Å²) in [6.45, 7) is 6.12. The van der Waals surface area contributed by atoms with Crippen LogP contribution in [0.4, 0.5) is 33.0 Å². The van der Waals surface area contributed by atoms with E-state index < -0.39 is 18.4 Å². The van der Waals surface area contributed by atoms with Gasteiger partial charge in [-0.25, -0.2) is 24.7 Å². The predicted octanol–water partition coefficient (Wildman–Crippen LogP) is 3.95. The van der Waals surface area contributed by atoms with Gasteiger partial charge in [-0.2, -0.15) is 19.6 Å². The topological polar surface area (TPSA) is 252 Å². The van der Waals surface area contributed by atoms with Gasteiger partial charge < -0.3 is 21.3 Å². The van der Waals surface area contributed by atoms with E-state index in [1.807, 2.05) is 0 Å². The van der Waals surface area contributed by atoms with Gasteiger partial charge in [0.25, 0.3) is 0 Å². The number of aromatic nitrogens is 8. The second kappa shape index (κ2) is 12.1. The first kappa shape index (κ1) is 30.1. The van der Waals surface area contributed by atoms with Gasteiger partial charge in [0.2, 0.25) is 5.78 Å². The van der Waals surface area contributed by atoms with Crippen molar-refractivity contribution in [2.45, 2.75) is 27.7 Å². The van der Waals surface area contributed by atoms with Crippen molar-refractivity contribution in [2.75, 3.05) is 25.2 Å². The van der Waals surface area contributed by atoms with Crippen LogP contribution in [-0.2, 0) is 4.74 Å². The van der Waals surface area contributed by atoms with E-state index in [9.17, 15) is 14.7 Å². The number of aliphatic hydroxyl groups excluding tert-OH is 1. The minimum atomic E-state index is -0.701. The third kappa shape index (κ3) is 5.67. The van der Waals surface area contributed by atoms with E-state index in [1.165, 1.54) is 34.1 Å². The molecule has 0 saturated carbocycles. The van der Waals surface area contributed by atoms with Crippen LogP contribution in [-0.4, -0.2) is 70.1 Å². The summed E-state index contributed by atoms with van der Waals surface area (Å²) in [6, 6.07) is 1.56. The van der Waals surface area contributed by atoms with Gasteiger partial charge in [-0.15, -0.1) is 20.5 Å². The Hall–Kier alpha value is -5.34.